The Morgan fingerprint density at radius 3 is 2.48 bits per heavy atom. The number of carbonyl (C=O) groups is 1. The summed E-state index contributed by atoms with van der Waals surface area (Å²) in [5.41, 5.74) is 4.19. The Hall–Kier alpha value is -2.33. The van der Waals surface area contributed by atoms with Crippen LogP contribution in [0.15, 0.2) is 42.5 Å². The van der Waals surface area contributed by atoms with E-state index < -0.39 is 12.0 Å². The van der Waals surface area contributed by atoms with Crippen molar-refractivity contribution in [2.75, 3.05) is 13.7 Å². The molecular weight excluding hydrogens is 290 g/mol. The minimum Gasteiger partial charge on any atom is -0.497 e. The first-order valence-electron chi connectivity index (χ1n) is 7.67. The lowest BCUT2D eigenvalue weighted by atomic mass is 10.00. The topological polar surface area (TPSA) is 58.6 Å². The van der Waals surface area contributed by atoms with E-state index >= 15 is 0 Å². The van der Waals surface area contributed by atoms with Crippen LogP contribution in [0.5, 0.6) is 5.75 Å². The zero-order valence-corrected chi connectivity index (χ0v) is 13.8. The van der Waals surface area contributed by atoms with Crippen molar-refractivity contribution in [2.45, 2.75) is 26.4 Å². The Balaban J connectivity index is 1.94. The SMILES string of the molecule is COc1cccc(C(O)C(=O)NCCc2c(C)cccc2C)c1. The normalized spacial score (nSPS) is 11.8. The minimum absolute atomic E-state index is 0.399. The van der Waals surface area contributed by atoms with Crippen molar-refractivity contribution in [3.8, 4) is 5.75 Å². The predicted octanol–water partition coefficient (Wildman–Crippen LogP) is 2.70. The maximum atomic E-state index is 12.1. The summed E-state index contributed by atoms with van der Waals surface area (Å²) in [4.78, 5) is 12.1. The van der Waals surface area contributed by atoms with Gasteiger partial charge in [-0.25, -0.2) is 0 Å². The highest BCUT2D eigenvalue weighted by molar-refractivity contribution is 5.82. The number of aliphatic hydroxyl groups is 1. The molecule has 0 aliphatic rings. The highest BCUT2D eigenvalue weighted by atomic mass is 16.5. The summed E-state index contributed by atoms with van der Waals surface area (Å²) in [6.07, 6.45) is -0.446. The van der Waals surface area contributed by atoms with E-state index in [0.29, 0.717) is 17.9 Å². The molecule has 0 saturated carbocycles. The first-order valence-corrected chi connectivity index (χ1v) is 7.67. The van der Waals surface area contributed by atoms with Gasteiger partial charge in [-0.2, -0.15) is 0 Å². The first kappa shape index (κ1) is 17.0. The van der Waals surface area contributed by atoms with E-state index in [9.17, 15) is 9.90 Å². The minimum atomic E-state index is -1.19. The molecule has 0 aliphatic carbocycles. The lowest BCUT2D eigenvalue weighted by Crippen LogP contribution is -2.31. The molecule has 0 aliphatic heterocycles. The van der Waals surface area contributed by atoms with Crippen LogP contribution in [-0.4, -0.2) is 24.7 Å². The first-order chi connectivity index (χ1) is 11.0. The molecule has 0 saturated heterocycles. The molecule has 23 heavy (non-hydrogen) atoms. The number of hydrogen-bond donors (Lipinski definition) is 2. The molecule has 122 valence electrons. The Morgan fingerprint density at radius 1 is 1.17 bits per heavy atom. The summed E-state index contributed by atoms with van der Waals surface area (Å²) in [6.45, 7) is 4.62. The maximum Gasteiger partial charge on any atom is 0.253 e. The van der Waals surface area contributed by atoms with Gasteiger partial charge in [-0.05, 0) is 54.7 Å². The van der Waals surface area contributed by atoms with Gasteiger partial charge in [0, 0.05) is 6.54 Å². The number of aliphatic hydroxyl groups excluding tert-OH is 1. The van der Waals surface area contributed by atoms with E-state index in [1.807, 2.05) is 6.07 Å². The van der Waals surface area contributed by atoms with Gasteiger partial charge in [-0.3, -0.25) is 4.79 Å². The number of nitrogens with one attached hydrogen (secondary N) is 1. The van der Waals surface area contributed by atoms with E-state index in [0.717, 1.165) is 6.42 Å². The molecule has 1 amide bonds. The smallest absolute Gasteiger partial charge is 0.253 e. The monoisotopic (exact) mass is 313 g/mol. The fourth-order valence-electron chi connectivity index (χ4n) is 2.61. The van der Waals surface area contributed by atoms with Crippen LogP contribution in [0.4, 0.5) is 0 Å². The van der Waals surface area contributed by atoms with E-state index in [-0.39, 0.29) is 0 Å². The number of carbonyl (C=O) groups excluding carboxylic acids is 1. The highest BCUT2D eigenvalue weighted by Gasteiger charge is 2.17. The van der Waals surface area contributed by atoms with Crippen LogP contribution in [0.25, 0.3) is 0 Å². The molecule has 0 bridgehead atoms. The summed E-state index contributed by atoms with van der Waals surface area (Å²) in [5, 5.41) is 12.9. The number of rotatable bonds is 6. The van der Waals surface area contributed by atoms with Gasteiger partial charge in [0.1, 0.15) is 5.75 Å². The highest BCUT2D eigenvalue weighted by Crippen LogP contribution is 2.19. The van der Waals surface area contributed by atoms with E-state index in [1.54, 1.807) is 31.4 Å². The van der Waals surface area contributed by atoms with Gasteiger partial charge in [0.2, 0.25) is 0 Å². The number of benzene rings is 2. The van der Waals surface area contributed by atoms with Crippen LogP contribution in [0.1, 0.15) is 28.4 Å². The van der Waals surface area contributed by atoms with Crippen molar-refractivity contribution in [3.05, 3.63) is 64.7 Å². The van der Waals surface area contributed by atoms with Gasteiger partial charge < -0.3 is 15.2 Å². The van der Waals surface area contributed by atoms with E-state index in [1.165, 1.54) is 16.7 Å². The summed E-state index contributed by atoms with van der Waals surface area (Å²) in [5.74, 6) is 0.217. The molecule has 2 aromatic rings. The molecule has 0 spiro atoms. The third-order valence-electron chi connectivity index (χ3n) is 3.98. The van der Waals surface area contributed by atoms with Crippen molar-refractivity contribution in [1.82, 2.24) is 5.32 Å². The van der Waals surface area contributed by atoms with Crippen LogP contribution < -0.4 is 10.1 Å². The van der Waals surface area contributed by atoms with Gasteiger partial charge >= 0.3 is 0 Å². The van der Waals surface area contributed by atoms with Crippen LogP contribution in [0, 0.1) is 13.8 Å². The molecule has 4 nitrogen and oxygen atoms in total. The van der Waals surface area contributed by atoms with Crippen LogP contribution in [0.3, 0.4) is 0 Å². The Labute approximate surface area is 137 Å². The summed E-state index contributed by atoms with van der Waals surface area (Å²) in [7, 11) is 1.55. The molecular formula is C19H23NO3. The van der Waals surface area contributed by atoms with Gasteiger partial charge in [0.15, 0.2) is 6.10 Å². The molecule has 2 N–H and O–H groups in total. The molecule has 0 aromatic heterocycles. The van der Waals surface area contributed by atoms with Gasteiger partial charge in [0.25, 0.3) is 5.91 Å². The van der Waals surface area contributed by atoms with Crippen LogP contribution in [-0.2, 0) is 11.2 Å². The Kier molecular flexibility index (Phi) is 5.77. The van der Waals surface area contributed by atoms with Crippen molar-refractivity contribution in [2.24, 2.45) is 0 Å². The molecule has 1 unspecified atom stereocenters. The second kappa shape index (κ2) is 7.79. The van der Waals surface area contributed by atoms with Gasteiger partial charge in [0.05, 0.1) is 7.11 Å². The molecule has 4 heteroatoms. The average Bonchev–Trinajstić information content (AvgIpc) is 2.56. The Bertz CT molecular complexity index is 662. The van der Waals surface area contributed by atoms with E-state index in [2.05, 4.69) is 31.3 Å². The molecule has 2 aromatic carbocycles. The third kappa shape index (κ3) is 4.33. The maximum absolute atomic E-state index is 12.1. The van der Waals surface area contributed by atoms with Gasteiger partial charge in [-0.15, -0.1) is 0 Å². The molecule has 0 heterocycles. The molecule has 0 fully saturated rings. The average molecular weight is 313 g/mol. The van der Waals surface area contributed by atoms with Gasteiger partial charge in [-0.1, -0.05) is 30.3 Å². The van der Waals surface area contributed by atoms with Crippen molar-refractivity contribution in [1.29, 1.82) is 0 Å². The zero-order valence-electron chi connectivity index (χ0n) is 13.8. The number of ether oxygens (including phenoxy) is 1. The third-order valence-corrected chi connectivity index (χ3v) is 3.98. The number of amides is 1. The second-order valence-corrected chi connectivity index (χ2v) is 5.59. The Morgan fingerprint density at radius 2 is 1.83 bits per heavy atom. The lowest BCUT2D eigenvalue weighted by molar-refractivity contribution is -0.129. The number of methoxy groups -OCH3 is 1. The lowest BCUT2D eigenvalue weighted by Gasteiger charge is -2.14. The van der Waals surface area contributed by atoms with Crippen molar-refractivity contribution in [3.63, 3.8) is 0 Å². The number of hydrogen-bond acceptors (Lipinski definition) is 3. The molecule has 1 atom stereocenters. The van der Waals surface area contributed by atoms with Crippen molar-refractivity contribution >= 4 is 5.91 Å². The van der Waals surface area contributed by atoms with Crippen LogP contribution in [0.2, 0.25) is 0 Å². The van der Waals surface area contributed by atoms with Crippen molar-refractivity contribution < 1.29 is 14.6 Å². The standard InChI is InChI=1S/C19H23NO3/c1-13-6-4-7-14(2)17(13)10-11-20-19(22)18(21)15-8-5-9-16(12-15)23-3/h4-9,12,18,21H,10-11H2,1-3H3,(H,20,22). The zero-order chi connectivity index (χ0) is 16.8. The second-order valence-electron chi connectivity index (χ2n) is 5.59. The van der Waals surface area contributed by atoms with Crippen LogP contribution >= 0.6 is 0 Å². The molecule has 2 rings (SSSR count). The fourth-order valence-corrected chi connectivity index (χ4v) is 2.61. The van der Waals surface area contributed by atoms with E-state index in [4.69, 9.17) is 4.74 Å². The fraction of sp³-hybridized carbons (Fsp3) is 0.316. The predicted molar refractivity (Wildman–Crippen MR) is 90.6 cm³/mol. The quantitative estimate of drug-likeness (QED) is 0.862. The molecule has 0 radical (unpaired) electrons. The largest absolute Gasteiger partial charge is 0.497 e. The summed E-state index contributed by atoms with van der Waals surface area (Å²) >= 11 is 0. The number of aryl methyl sites for hydroxylation is 2. The summed E-state index contributed by atoms with van der Waals surface area (Å²) in [6, 6.07) is 13.0. The summed E-state index contributed by atoms with van der Waals surface area (Å²) < 4.78 is 5.11.